The third-order valence-electron chi connectivity index (χ3n) is 3.15. The minimum Gasteiger partial charge on any atom is -0.494 e. The van der Waals surface area contributed by atoms with E-state index in [1.807, 2.05) is 37.3 Å². The van der Waals surface area contributed by atoms with E-state index in [0.717, 1.165) is 33.8 Å². The van der Waals surface area contributed by atoms with Gasteiger partial charge in [0, 0.05) is 17.3 Å². The molecule has 0 saturated carbocycles. The normalized spacial score (nSPS) is 10.6. The number of hydrogen-bond donors (Lipinski definition) is 0. The summed E-state index contributed by atoms with van der Waals surface area (Å²) in [6.07, 6.45) is 3.26. The van der Waals surface area contributed by atoms with Gasteiger partial charge in [-0.3, -0.25) is 4.98 Å². The topological polar surface area (TPSA) is 57.1 Å². The summed E-state index contributed by atoms with van der Waals surface area (Å²) in [4.78, 5) is 12.6. The number of para-hydroxylation sites is 1. The Balaban J connectivity index is 1.91. The Hall–Kier alpha value is -2.69. The van der Waals surface area contributed by atoms with Gasteiger partial charge >= 0.3 is 0 Å². The summed E-state index contributed by atoms with van der Waals surface area (Å²) >= 11 is 0. The molecule has 0 aliphatic rings. The summed E-state index contributed by atoms with van der Waals surface area (Å²) in [5, 5.41) is 0.919. The summed E-state index contributed by atoms with van der Waals surface area (Å²) in [5.41, 5.74) is 2.55. The highest BCUT2D eigenvalue weighted by atomic mass is 16.5. The second-order valence-corrected chi connectivity index (χ2v) is 4.60. The van der Waals surface area contributed by atoms with Gasteiger partial charge in [0.15, 0.2) is 0 Å². The Morgan fingerprint density at radius 1 is 1.05 bits per heavy atom. The lowest BCUT2D eigenvalue weighted by molar-refractivity contribution is 0.304. The largest absolute Gasteiger partial charge is 0.494 e. The maximum atomic E-state index is 5.87. The van der Waals surface area contributed by atoms with Crippen molar-refractivity contribution in [3.05, 3.63) is 54.2 Å². The van der Waals surface area contributed by atoms with E-state index >= 15 is 0 Å². The highest BCUT2D eigenvalue weighted by molar-refractivity contribution is 5.89. The van der Waals surface area contributed by atoms with Crippen LogP contribution in [0, 0.1) is 6.92 Å². The lowest BCUT2D eigenvalue weighted by Gasteiger charge is -2.10. The minimum atomic E-state index is 0.389. The summed E-state index contributed by atoms with van der Waals surface area (Å²) in [5.74, 6) is 1.49. The van der Waals surface area contributed by atoms with Gasteiger partial charge in [-0.05, 0) is 31.2 Å². The number of nitrogens with zero attached hydrogens (tertiary/aromatic N) is 3. The van der Waals surface area contributed by atoms with E-state index in [1.165, 1.54) is 0 Å². The summed E-state index contributed by atoms with van der Waals surface area (Å²) < 4.78 is 11.2. The van der Waals surface area contributed by atoms with E-state index in [9.17, 15) is 0 Å². The molecule has 5 nitrogen and oxygen atoms in total. The van der Waals surface area contributed by atoms with E-state index in [4.69, 9.17) is 9.47 Å². The van der Waals surface area contributed by atoms with Crippen molar-refractivity contribution in [2.75, 3.05) is 7.11 Å². The van der Waals surface area contributed by atoms with Crippen LogP contribution < -0.4 is 9.47 Å². The van der Waals surface area contributed by atoms with Crippen LogP contribution in [-0.4, -0.2) is 22.1 Å². The first-order valence-corrected chi connectivity index (χ1v) is 6.60. The molecule has 5 heteroatoms. The summed E-state index contributed by atoms with van der Waals surface area (Å²) in [6, 6.07) is 9.52. The number of rotatable bonds is 4. The fourth-order valence-electron chi connectivity index (χ4n) is 2.15. The van der Waals surface area contributed by atoms with Gasteiger partial charge < -0.3 is 9.47 Å². The van der Waals surface area contributed by atoms with Crippen molar-refractivity contribution in [3.8, 4) is 11.5 Å². The highest BCUT2D eigenvalue weighted by Gasteiger charge is 2.08. The minimum absolute atomic E-state index is 0.389. The van der Waals surface area contributed by atoms with Crippen LogP contribution in [0.3, 0.4) is 0 Å². The molecular formula is C16H15N3O2. The van der Waals surface area contributed by atoms with Crippen molar-refractivity contribution in [2.24, 2.45) is 0 Å². The average molecular weight is 281 g/mol. The lowest BCUT2D eigenvalue weighted by atomic mass is 10.2. The maximum absolute atomic E-state index is 5.87. The zero-order valence-corrected chi connectivity index (χ0v) is 11.9. The molecule has 0 fully saturated rings. The lowest BCUT2D eigenvalue weighted by Crippen LogP contribution is -2.00. The van der Waals surface area contributed by atoms with Crippen LogP contribution >= 0.6 is 0 Å². The molecule has 2 aromatic heterocycles. The smallest absolute Gasteiger partial charge is 0.145 e. The molecule has 3 rings (SSSR count). The van der Waals surface area contributed by atoms with Crippen LogP contribution in [0.4, 0.5) is 0 Å². The Kier molecular flexibility index (Phi) is 3.64. The van der Waals surface area contributed by atoms with Crippen LogP contribution in [0.25, 0.3) is 10.9 Å². The van der Waals surface area contributed by atoms with Gasteiger partial charge in [0.2, 0.25) is 0 Å². The summed E-state index contributed by atoms with van der Waals surface area (Å²) in [7, 11) is 1.63. The molecule has 0 N–H and O–H groups in total. The third kappa shape index (κ3) is 2.76. The summed E-state index contributed by atoms with van der Waals surface area (Å²) in [6.45, 7) is 2.32. The Morgan fingerprint density at radius 2 is 1.95 bits per heavy atom. The third-order valence-corrected chi connectivity index (χ3v) is 3.15. The molecule has 0 atom stereocenters. The van der Waals surface area contributed by atoms with Crippen LogP contribution in [0.2, 0.25) is 0 Å². The number of aromatic nitrogens is 3. The number of ether oxygens (including phenoxy) is 2. The molecular weight excluding hydrogens is 266 g/mol. The van der Waals surface area contributed by atoms with Crippen LogP contribution in [-0.2, 0) is 6.61 Å². The van der Waals surface area contributed by atoms with Crippen LogP contribution in [0.1, 0.15) is 11.4 Å². The van der Waals surface area contributed by atoms with E-state index in [0.29, 0.717) is 6.61 Å². The van der Waals surface area contributed by atoms with Crippen molar-refractivity contribution in [1.82, 2.24) is 15.0 Å². The molecule has 0 aliphatic heterocycles. The number of methoxy groups -OCH3 is 1. The quantitative estimate of drug-likeness (QED) is 0.736. The van der Waals surface area contributed by atoms with Crippen molar-refractivity contribution < 1.29 is 9.47 Å². The van der Waals surface area contributed by atoms with Gasteiger partial charge in [0.25, 0.3) is 0 Å². The molecule has 2 heterocycles. The zero-order chi connectivity index (χ0) is 14.7. The Bertz CT molecular complexity index is 774. The number of pyridine rings is 1. The molecule has 0 amide bonds. The molecule has 0 unspecified atom stereocenters. The van der Waals surface area contributed by atoms with Gasteiger partial charge in [-0.25, -0.2) is 9.97 Å². The van der Waals surface area contributed by atoms with Gasteiger partial charge in [-0.1, -0.05) is 6.07 Å². The zero-order valence-electron chi connectivity index (χ0n) is 11.9. The SMILES string of the molecule is COc1cccc2c(OCc3cc(C)ncn3)ccnc12. The second kappa shape index (κ2) is 5.75. The second-order valence-electron chi connectivity index (χ2n) is 4.60. The van der Waals surface area contributed by atoms with Crippen molar-refractivity contribution >= 4 is 10.9 Å². The molecule has 0 bridgehead atoms. The molecule has 21 heavy (non-hydrogen) atoms. The first-order chi connectivity index (χ1) is 10.3. The molecule has 3 aromatic rings. The van der Waals surface area contributed by atoms with Crippen molar-refractivity contribution in [1.29, 1.82) is 0 Å². The van der Waals surface area contributed by atoms with Crippen LogP contribution in [0.5, 0.6) is 11.5 Å². The fourth-order valence-corrected chi connectivity index (χ4v) is 2.15. The predicted molar refractivity (Wildman–Crippen MR) is 79.4 cm³/mol. The molecule has 0 aliphatic carbocycles. The monoisotopic (exact) mass is 281 g/mol. The van der Waals surface area contributed by atoms with E-state index in [2.05, 4.69) is 15.0 Å². The van der Waals surface area contributed by atoms with Gasteiger partial charge in [0.1, 0.15) is 29.9 Å². The predicted octanol–water partition coefficient (Wildman–Crippen LogP) is 2.92. The Labute approximate surface area is 122 Å². The molecule has 1 aromatic carbocycles. The number of fused-ring (bicyclic) bond motifs is 1. The van der Waals surface area contributed by atoms with Crippen molar-refractivity contribution in [3.63, 3.8) is 0 Å². The number of aryl methyl sites for hydroxylation is 1. The number of hydrogen-bond acceptors (Lipinski definition) is 5. The van der Waals surface area contributed by atoms with Crippen molar-refractivity contribution in [2.45, 2.75) is 13.5 Å². The fraction of sp³-hybridized carbons (Fsp3) is 0.188. The van der Waals surface area contributed by atoms with Gasteiger partial charge in [-0.2, -0.15) is 0 Å². The van der Waals surface area contributed by atoms with Gasteiger partial charge in [-0.15, -0.1) is 0 Å². The van der Waals surface area contributed by atoms with Gasteiger partial charge in [0.05, 0.1) is 12.8 Å². The molecule has 0 radical (unpaired) electrons. The molecule has 0 saturated heterocycles. The molecule has 106 valence electrons. The highest BCUT2D eigenvalue weighted by Crippen LogP contribution is 2.30. The Morgan fingerprint density at radius 3 is 2.76 bits per heavy atom. The molecule has 0 spiro atoms. The first-order valence-electron chi connectivity index (χ1n) is 6.60. The average Bonchev–Trinajstić information content (AvgIpc) is 2.52. The maximum Gasteiger partial charge on any atom is 0.145 e. The van der Waals surface area contributed by atoms with E-state index in [-0.39, 0.29) is 0 Å². The first kappa shape index (κ1) is 13.3. The van der Waals surface area contributed by atoms with Crippen LogP contribution in [0.15, 0.2) is 42.9 Å². The standard InChI is InChI=1S/C16H15N3O2/c1-11-8-12(19-10-18-11)9-21-14-6-7-17-16-13(14)4-3-5-15(16)20-2/h3-8,10H,9H2,1-2H3. The van der Waals surface area contributed by atoms with E-state index < -0.39 is 0 Å². The van der Waals surface area contributed by atoms with E-state index in [1.54, 1.807) is 19.6 Å². The number of benzene rings is 1.